The number of nitrogens with one attached hydrogen (secondary N) is 2. The Bertz CT molecular complexity index is 183. The van der Waals surface area contributed by atoms with Crippen LogP contribution >= 0.6 is 11.8 Å². The predicted octanol–water partition coefficient (Wildman–Crippen LogP) is 0.811. The van der Waals surface area contributed by atoms with Gasteiger partial charge in [0.1, 0.15) is 0 Å². The van der Waals surface area contributed by atoms with Crippen LogP contribution in [0.2, 0.25) is 0 Å². The summed E-state index contributed by atoms with van der Waals surface area (Å²) in [5.41, 5.74) is 0.168. The van der Waals surface area contributed by atoms with E-state index in [1.54, 1.807) is 11.8 Å². The largest absolute Gasteiger partial charge is 0.354 e. The highest BCUT2D eigenvalue weighted by molar-refractivity contribution is 7.99. The molecule has 0 unspecified atom stereocenters. The molecule has 0 aliphatic carbocycles. The highest BCUT2D eigenvalue weighted by atomic mass is 32.2. The third kappa shape index (κ3) is 4.00. The van der Waals surface area contributed by atoms with Gasteiger partial charge < -0.3 is 5.32 Å². The van der Waals surface area contributed by atoms with Crippen molar-refractivity contribution in [3.05, 3.63) is 0 Å². The maximum Gasteiger partial charge on any atom is 0.238 e. The van der Waals surface area contributed by atoms with E-state index in [9.17, 15) is 4.79 Å². The Morgan fingerprint density at radius 2 is 2.31 bits per heavy atom. The van der Waals surface area contributed by atoms with Crippen molar-refractivity contribution >= 4 is 17.7 Å². The van der Waals surface area contributed by atoms with Crippen molar-refractivity contribution in [1.29, 1.82) is 0 Å². The summed E-state index contributed by atoms with van der Waals surface area (Å²) in [5, 5.41) is 6.09. The fourth-order valence-corrected chi connectivity index (χ4v) is 1.98. The third-order valence-corrected chi connectivity index (χ3v) is 2.77. The monoisotopic (exact) mass is 202 g/mol. The van der Waals surface area contributed by atoms with Gasteiger partial charge >= 0.3 is 0 Å². The van der Waals surface area contributed by atoms with Crippen LogP contribution in [0.3, 0.4) is 0 Å². The molecule has 2 N–H and O–H groups in total. The lowest BCUT2D eigenvalue weighted by Gasteiger charge is -2.20. The molecule has 1 saturated heterocycles. The smallest absolute Gasteiger partial charge is 0.238 e. The van der Waals surface area contributed by atoms with Crippen LogP contribution in [0, 0.1) is 5.41 Å². The zero-order valence-corrected chi connectivity index (χ0v) is 9.33. The Kier molecular flexibility index (Phi) is 3.62. The van der Waals surface area contributed by atoms with E-state index in [4.69, 9.17) is 0 Å². The molecule has 13 heavy (non-hydrogen) atoms. The number of rotatable bonds is 2. The van der Waals surface area contributed by atoms with E-state index in [0.717, 1.165) is 18.2 Å². The maximum atomic E-state index is 11.5. The van der Waals surface area contributed by atoms with Gasteiger partial charge in [0.25, 0.3) is 0 Å². The van der Waals surface area contributed by atoms with E-state index in [0.29, 0.717) is 0 Å². The first-order chi connectivity index (χ1) is 5.99. The van der Waals surface area contributed by atoms with Gasteiger partial charge in [0.2, 0.25) is 5.91 Å². The number of hydrogen-bond donors (Lipinski definition) is 2. The van der Waals surface area contributed by atoms with Gasteiger partial charge in [0, 0.05) is 18.2 Å². The second-order valence-electron chi connectivity index (χ2n) is 4.55. The summed E-state index contributed by atoms with van der Waals surface area (Å²) in [6, 6.07) is 0.0207. The zero-order chi connectivity index (χ0) is 9.90. The molecular formula is C9H18N2OS. The minimum absolute atomic E-state index is 0.0207. The van der Waals surface area contributed by atoms with Gasteiger partial charge in [0.15, 0.2) is 0 Å². The topological polar surface area (TPSA) is 41.1 Å². The highest BCUT2D eigenvalue weighted by Crippen LogP contribution is 2.12. The summed E-state index contributed by atoms with van der Waals surface area (Å²) in [7, 11) is 0. The number of thioether (sulfide) groups is 1. The molecule has 0 aromatic rings. The molecule has 1 fully saturated rings. The van der Waals surface area contributed by atoms with Crippen molar-refractivity contribution in [1.82, 2.24) is 10.6 Å². The number of amides is 1. The van der Waals surface area contributed by atoms with E-state index in [2.05, 4.69) is 31.4 Å². The number of carbonyl (C=O) groups is 1. The van der Waals surface area contributed by atoms with Crippen LogP contribution in [0.15, 0.2) is 0 Å². The summed E-state index contributed by atoms with van der Waals surface area (Å²) in [6.07, 6.45) is 0. The van der Waals surface area contributed by atoms with Crippen LogP contribution in [0.1, 0.15) is 20.8 Å². The molecule has 3 nitrogen and oxygen atoms in total. The Morgan fingerprint density at radius 3 is 2.77 bits per heavy atom. The second-order valence-corrected chi connectivity index (χ2v) is 5.58. The van der Waals surface area contributed by atoms with Gasteiger partial charge in [-0.3, -0.25) is 10.1 Å². The molecule has 1 aliphatic heterocycles. The molecule has 1 rings (SSSR count). The van der Waals surface area contributed by atoms with E-state index in [1.165, 1.54) is 0 Å². The minimum atomic E-state index is 0.0207. The number of hydrogen-bond acceptors (Lipinski definition) is 3. The number of carbonyl (C=O) groups excluding carboxylic acids is 1. The standard InChI is InChI=1S/C9H18N2OS/c1-9(2,3)5-10-8(12)7-4-13-6-11-7/h7,11H,4-6H2,1-3H3,(H,10,12)/t7-/m1/s1. The Balaban J connectivity index is 2.25. The SMILES string of the molecule is CC(C)(C)CNC(=O)[C@H]1CSCN1. The Hall–Kier alpha value is -0.220. The van der Waals surface area contributed by atoms with Gasteiger partial charge in [-0.25, -0.2) is 0 Å². The molecule has 0 radical (unpaired) electrons. The molecule has 1 heterocycles. The van der Waals surface area contributed by atoms with Crippen molar-refractivity contribution in [2.45, 2.75) is 26.8 Å². The first-order valence-electron chi connectivity index (χ1n) is 4.58. The summed E-state index contributed by atoms with van der Waals surface area (Å²) >= 11 is 1.77. The predicted molar refractivity (Wildman–Crippen MR) is 56.7 cm³/mol. The molecule has 1 aliphatic rings. The third-order valence-electron chi connectivity index (χ3n) is 1.83. The summed E-state index contributed by atoms with van der Waals surface area (Å²) in [6.45, 7) is 7.09. The van der Waals surface area contributed by atoms with Crippen LogP contribution in [0.5, 0.6) is 0 Å². The van der Waals surface area contributed by atoms with Crippen LogP contribution < -0.4 is 10.6 Å². The van der Waals surface area contributed by atoms with Crippen LogP contribution in [0.25, 0.3) is 0 Å². The zero-order valence-electron chi connectivity index (χ0n) is 8.52. The molecule has 0 spiro atoms. The highest BCUT2D eigenvalue weighted by Gasteiger charge is 2.23. The Labute approximate surface area is 84.0 Å². The molecule has 0 bridgehead atoms. The van der Waals surface area contributed by atoms with Gasteiger partial charge in [-0.1, -0.05) is 20.8 Å². The van der Waals surface area contributed by atoms with Crippen LogP contribution in [-0.4, -0.2) is 30.1 Å². The van der Waals surface area contributed by atoms with Gasteiger partial charge in [-0.05, 0) is 5.41 Å². The molecule has 76 valence electrons. The summed E-state index contributed by atoms with van der Waals surface area (Å²) in [5.74, 6) is 1.93. The molecular weight excluding hydrogens is 184 g/mol. The summed E-state index contributed by atoms with van der Waals surface area (Å²) in [4.78, 5) is 11.5. The second kappa shape index (κ2) is 4.33. The van der Waals surface area contributed by atoms with Crippen molar-refractivity contribution < 1.29 is 4.79 Å². The molecule has 0 aromatic heterocycles. The average molecular weight is 202 g/mol. The first-order valence-corrected chi connectivity index (χ1v) is 5.73. The summed E-state index contributed by atoms with van der Waals surface area (Å²) < 4.78 is 0. The van der Waals surface area contributed by atoms with Crippen molar-refractivity contribution in [3.8, 4) is 0 Å². The van der Waals surface area contributed by atoms with E-state index >= 15 is 0 Å². The van der Waals surface area contributed by atoms with E-state index < -0.39 is 0 Å². The van der Waals surface area contributed by atoms with Gasteiger partial charge in [-0.15, -0.1) is 11.8 Å². The van der Waals surface area contributed by atoms with Gasteiger partial charge in [0.05, 0.1) is 6.04 Å². The Morgan fingerprint density at radius 1 is 1.62 bits per heavy atom. The fourth-order valence-electron chi connectivity index (χ4n) is 1.04. The molecule has 1 amide bonds. The van der Waals surface area contributed by atoms with Crippen molar-refractivity contribution in [2.24, 2.45) is 5.41 Å². The lowest BCUT2D eigenvalue weighted by molar-refractivity contribution is -0.122. The first kappa shape index (κ1) is 10.9. The van der Waals surface area contributed by atoms with E-state index in [-0.39, 0.29) is 17.4 Å². The quantitative estimate of drug-likeness (QED) is 0.696. The lowest BCUT2D eigenvalue weighted by Crippen LogP contribution is -2.44. The molecule has 0 aromatic carbocycles. The maximum absolute atomic E-state index is 11.5. The van der Waals surface area contributed by atoms with Crippen LogP contribution in [0.4, 0.5) is 0 Å². The average Bonchev–Trinajstić information content (AvgIpc) is 2.50. The normalized spacial score (nSPS) is 23.2. The van der Waals surface area contributed by atoms with Crippen molar-refractivity contribution in [3.63, 3.8) is 0 Å². The van der Waals surface area contributed by atoms with E-state index in [1.807, 2.05) is 0 Å². The fraction of sp³-hybridized carbons (Fsp3) is 0.889. The molecule has 4 heteroatoms. The molecule has 1 atom stereocenters. The van der Waals surface area contributed by atoms with Crippen LogP contribution in [-0.2, 0) is 4.79 Å². The minimum Gasteiger partial charge on any atom is -0.354 e. The van der Waals surface area contributed by atoms with Gasteiger partial charge in [-0.2, -0.15) is 0 Å². The van der Waals surface area contributed by atoms with Crippen molar-refractivity contribution in [2.75, 3.05) is 18.2 Å². The lowest BCUT2D eigenvalue weighted by atomic mass is 9.97. The molecule has 0 saturated carbocycles.